The van der Waals surface area contributed by atoms with Crippen LogP contribution in [0.4, 0.5) is 0 Å². The molecular weight excluding hydrogens is 314 g/mol. The molecule has 0 amide bonds. The first-order valence-electron chi connectivity index (χ1n) is 5.58. The van der Waals surface area contributed by atoms with Crippen molar-refractivity contribution in [2.24, 2.45) is 0 Å². The molecule has 0 bridgehead atoms. The Labute approximate surface area is 120 Å². The van der Waals surface area contributed by atoms with Crippen LogP contribution in [0.3, 0.4) is 0 Å². The second-order valence-electron chi connectivity index (χ2n) is 3.91. The topological polar surface area (TPSA) is 37.8 Å². The van der Waals surface area contributed by atoms with Crippen molar-refractivity contribution >= 4 is 27.5 Å². The molecular formula is C13H13BrClN3. The van der Waals surface area contributed by atoms with Gasteiger partial charge < -0.3 is 5.32 Å². The predicted octanol–water partition coefficient (Wildman–Crippen LogP) is 3.40. The first-order valence-corrected chi connectivity index (χ1v) is 6.75. The van der Waals surface area contributed by atoms with Crippen LogP contribution >= 0.6 is 27.5 Å². The summed E-state index contributed by atoms with van der Waals surface area (Å²) in [6.07, 6.45) is 6.00. The molecule has 5 heteroatoms. The van der Waals surface area contributed by atoms with Crippen molar-refractivity contribution in [3.63, 3.8) is 0 Å². The Morgan fingerprint density at radius 1 is 1.33 bits per heavy atom. The quantitative estimate of drug-likeness (QED) is 0.936. The average Bonchev–Trinajstić information content (AvgIpc) is 2.39. The first kappa shape index (κ1) is 13.5. The van der Waals surface area contributed by atoms with E-state index in [2.05, 4.69) is 31.2 Å². The molecule has 0 aromatic carbocycles. The molecule has 0 saturated heterocycles. The molecule has 1 N–H and O–H groups in total. The minimum absolute atomic E-state index is 0.137. The zero-order valence-electron chi connectivity index (χ0n) is 9.90. The average molecular weight is 327 g/mol. The molecule has 2 rings (SSSR count). The molecule has 1 atom stereocenters. The Bertz CT molecular complexity index is 516. The van der Waals surface area contributed by atoms with Gasteiger partial charge in [0.05, 0.1) is 16.8 Å². The van der Waals surface area contributed by atoms with Crippen LogP contribution in [0.2, 0.25) is 5.02 Å². The standard InChI is InChI=1S/C13H13BrClN3/c1-16-13(12-3-2-10(14)7-18-12)6-9-4-5-17-8-11(9)15/h2-5,7-8,13,16H,6H2,1H3. The summed E-state index contributed by atoms with van der Waals surface area (Å²) in [5.74, 6) is 0. The third-order valence-corrected chi connectivity index (χ3v) is 3.55. The SMILES string of the molecule is CNC(Cc1ccncc1Cl)c1ccc(Br)cn1. The summed E-state index contributed by atoms with van der Waals surface area (Å²) in [5, 5.41) is 3.95. The molecule has 2 aromatic rings. The van der Waals surface area contributed by atoms with Crippen molar-refractivity contribution in [3.05, 3.63) is 57.5 Å². The van der Waals surface area contributed by atoms with E-state index < -0.39 is 0 Å². The normalized spacial score (nSPS) is 12.4. The van der Waals surface area contributed by atoms with E-state index in [1.165, 1.54) is 0 Å². The van der Waals surface area contributed by atoms with Gasteiger partial charge in [0.25, 0.3) is 0 Å². The van der Waals surface area contributed by atoms with E-state index in [0.717, 1.165) is 22.2 Å². The van der Waals surface area contributed by atoms with E-state index in [1.807, 2.05) is 25.2 Å². The van der Waals surface area contributed by atoms with Gasteiger partial charge in [-0.1, -0.05) is 11.6 Å². The number of aromatic nitrogens is 2. The van der Waals surface area contributed by atoms with Gasteiger partial charge in [-0.05, 0) is 53.2 Å². The molecule has 0 spiro atoms. The molecule has 0 aliphatic rings. The zero-order valence-corrected chi connectivity index (χ0v) is 12.2. The van der Waals surface area contributed by atoms with Crippen LogP contribution in [0.1, 0.15) is 17.3 Å². The molecule has 1 unspecified atom stereocenters. The van der Waals surface area contributed by atoms with Crippen molar-refractivity contribution in [2.45, 2.75) is 12.5 Å². The highest BCUT2D eigenvalue weighted by molar-refractivity contribution is 9.10. The fraction of sp³-hybridized carbons (Fsp3) is 0.231. The van der Waals surface area contributed by atoms with Gasteiger partial charge in [-0.15, -0.1) is 0 Å². The minimum Gasteiger partial charge on any atom is -0.311 e. The monoisotopic (exact) mass is 325 g/mol. The Kier molecular flexibility index (Phi) is 4.69. The number of halogens is 2. The van der Waals surface area contributed by atoms with Gasteiger partial charge in [0.1, 0.15) is 0 Å². The largest absolute Gasteiger partial charge is 0.311 e. The van der Waals surface area contributed by atoms with Crippen LogP contribution in [0, 0.1) is 0 Å². The highest BCUT2D eigenvalue weighted by Gasteiger charge is 2.13. The summed E-state index contributed by atoms with van der Waals surface area (Å²) >= 11 is 9.50. The molecule has 94 valence electrons. The van der Waals surface area contributed by atoms with Gasteiger partial charge in [-0.3, -0.25) is 9.97 Å². The van der Waals surface area contributed by atoms with Crippen molar-refractivity contribution in [1.82, 2.24) is 15.3 Å². The predicted molar refractivity (Wildman–Crippen MR) is 76.7 cm³/mol. The summed E-state index contributed by atoms with van der Waals surface area (Å²) in [4.78, 5) is 8.40. The summed E-state index contributed by atoms with van der Waals surface area (Å²) in [7, 11) is 1.92. The van der Waals surface area contributed by atoms with Crippen LogP contribution in [0.25, 0.3) is 0 Å². The van der Waals surface area contributed by atoms with E-state index in [-0.39, 0.29) is 6.04 Å². The van der Waals surface area contributed by atoms with Crippen LogP contribution in [0.15, 0.2) is 41.3 Å². The molecule has 0 aliphatic carbocycles. The molecule has 0 saturated carbocycles. The number of rotatable bonds is 4. The lowest BCUT2D eigenvalue weighted by atomic mass is 10.0. The van der Waals surface area contributed by atoms with Crippen LogP contribution in [-0.2, 0) is 6.42 Å². The third kappa shape index (κ3) is 3.28. The van der Waals surface area contributed by atoms with Crippen LogP contribution in [0.5, 0.6) is 0 Å². The molecule has 0 fully saturated rings. The lowest BCUT2D eigenvalue weighted by Gasteiger charge is -2.16. The molecule has 0 radical (unpaired) electrons. The van der Waals surface area contributed by atoms with E-state index in [1.54, 1.807) is 18.6 Å². The van der Waals surface area contributed by atoms with Crippen molar-refractivity contribution in [2.75, 3.05) is 7.05 Å². The molecule has 2 heterocycles. The van der Waals surface area contributed by atoms with E-state index in [0.29, 0.717) is 5.02 Å². The number of hydrogen-bond donors (Lipinski definition) is 1. The van der Waals surface area contributed by atoms with Gasteiger partial charge in [0.2, 0.25) is 0 Å². The van der Waals surface area contributed by atoms with Gasteiger partial charge in [-0.2, -0.15) is 0 Å². The van der Waals surface area contributed by atoms with E-state index >= 15 is 0 Å². The van der Waals surface area contributed by atoms with E-state index in [4.69, 9.17) is 11.6 Å². The number of pyridine rings is 2. The fourth-order valence-electron chi connectivity index (χ4n) is 1.74. The smallest absolute Gasteiger partial charge is 0.0622 e. The van der Waals surface area contributed by atoms with Crippen molar-refractivity contribution in [3.8, 4) is 0 Å². The zero-order chi connectivity index (χ0) is 13.0. The maximum absolute atomic E-state index is 6.12. The Hall–Kier alpha value is -0.970. The van der Waals surface area contributed by atoms with Gasteiger partial charge in [-0.25, -0.2) is 0 Å². The maximum Gasteiger partial charge on any atom is 0.0622 e. The second kappa shape index (κ2) is 6.27. The van der Waals surface area contributed by atoms with Gasteiger partial charge >= 0.3 is 0 Å². The lowest BCUT2D eigenvalue weighted by Crippen LogP contribution is -2.20. The summed E-state index contributed by atoms with van der Waals surface area (Å²) in [5.41, 5.74) is 2.06. The molecule has 0 aliphatic heterocycles. The number of nitrogens with zero attached hydrogens (tertiary/aromatic N) is 2. The highest BCUT2D eigenvalue weighted by Crippen LogP contribution is 2.22. The van der Waals surface area contributed by atoms with E-state index in [9.17, 15) is 0 Å². The summed E-state index contributed by atoms with van der Waals surface area (Å²) in [6, 6.07) is 6.06. The first-order chi connectivity index (χ1) is 8.70. The number of hydrogen-bond acceptors (Lipinski definition) is 3. The molecule has 3 nitrogen and oxygen atoms in total. The molecule has 18 heavy (non-hydrogen) atoms. The van der Waals surface area contributed by atoms with Crippen LogP contribution in [-0.4, -0.2) is 17.0 Å². The molecule has 2 aromatic heterocycles. The second-order valence-corrected chi connectivity index (χ2v) is 5.24. The van der Waals surface area contributed by atoms with Crippen LogP contribution < -0.4 is 5.32 Å². The number of nitrogens with one attached hydrogen (secondary N) is 1. The fourth-order valence-corrected chi connectivity index (χ4v) is 2.17. The lowest BCUT2D eigenvalue weighted by molar-refractivity contribution is 0.575. The van der Waals surface area contributed by atoms with Crippen molar-refractivity contribution < 1.29 is 0 Å². The van der Waals surface area contributed by atoms with Crippen molar-refractivity contribution in [1.29, 1.82) is 0 Å². The Balaban J connectivity index is 2.20. The minimum atomic E-state index is 0.137. The highest BCUT2D eigenvalue weighted by atomic mass is 79.9. The Morgan fingerprint density at radius 2 is 2.17 bits per heavy atom. The summed E-state index contributed by atoms with van der Waals surface area (Å²) < 4.78 is 0.975. The Morgan fingerprint density at radius 3 is 2.78 bits per heavy atom. The number of likely N-dealkylation sites (N-methyl/N-ethyl adjacent to an activating group) is 1. The third-order valence-electron chi connectivity index (χ3n) is 2.74. The maximum atomic E-state index is 6.12. The van der Waals surface area contributed by atoms with Gasteiger partial charge in [0, 0.05) is 23.1 Å². The summed E-state index contributed by atoms with van der Waals surface area (Å²) in [6.45, 7) is 0. The van der Waals surface area contributed by atoms with Gasteiger partial charge in [0.15, 0.2) is 0 Å².